The number of hydrogen-bond acceptors (Lipinski definition) is 3. The molecule has 0 aliphatic carbocycles. The molecule has 1 fully saturated rings. The van der Waals surface area contributed by atoms with E-state index in [0.717, 1.165) is 54.4 Å². The van der Waals surface area contributed by atoms with Crippen molar-refractivity contribution in [3.63, 3.8) is 0 Å². The van der Waals surface area contributed by atoms with Crippen LogP contribution in [-0.4, -0.2) is 41.9 Å². The quantitative estimate of drug-likeness (QED) is 0.919. The molecule has 0 aromatic heterocycles. The molecule has 3 nitrogen and oxygen atoms in total. The lowest BCUT2D eigenvalue weighted by Crippen LogP contribution is -2.38. The average Bonchev–Trinajstić information content (AvgIpc) is 2.45. The Morgan fingerprint density at radius 2 is 2.11 bits per heavy atom. The smallest absolute Gasteiger partial charge is 0.254 e. The summed E-state index contributed by atoms with van der Waals surface area (Å²) in [5.41, 5.74) is 3.00. The Morgan fingerprint density at radius 1 is 1.37 bits per heavy atom. The second kappa shape index (κ2) is 6.85. The number of nitrogens with zero attached hydrogens (tertiary/aromatic N) is 1. The van der Waals surface area contributed by atoms with Gasteiger partial charge >= 0.3 is 0 Å². The van der Waals surface area contributed by atoms with Crippen LogP contribution in [0.3, 0.4) is 0 Å². The van der Waals surface area contributed by atoms with E-state index in [1.165, 1.54) is 0 Å². The molecule has 1 aromatic carbocycles. The minimum atomic E-state index is 0.180. The minimum Gasteiger partial charge on any atom is -0.385 e. The summed E-state index contributed by atoms with van der Waals surface area (Å²) in [6.07, 6.45) is 1.10. The third-order valence-corrected chi connectivity index (χ3v) is 4.28. The number of benzene rings is 1. The van der Waals surface area contributed by atoms with Crippen molar-refractivity contribution in [3.8, 4) is 0 Å². The van der Waals surface area contributed by atoms with Crippen molar-refractivity contribution in [1.82, 2.24) is 4.90 Å². The third kappa shape index (κ3) is 3.66. The highest BCUT2D eigenvalue weighted by molar-refractivity contribution is 7.99. The maximum Gasteiger partial charge on any atom is 0.254 e. The Hall–Kier alpha value is -1.16. The number of hydrogen-bond donors (Lipinski definition) is 1. The minimum absolute atomic E-state index is 0.180. The fraction of sp³-hybridized carbons (Fsp3) is 0.533. The average molecular weight is 278 g/mol. The molecule has 0 atom stereocenters. The van der Waals surface area contributed by atoms with E-state index in [0.29, 0.717) is 0 Å². The third-order valence-electron chi connectivity index (χ3n) is 3.33. The first-order valence-corrected chi connectivity index (χ1v) is 8.09. The summed E-state index contributed by atoms with van der Waals surface area (Å²) in [4.78, 5) is 14.4. The molecule has 0 spiro atoms. The molecule has 1 saturated heterocycles. The Morgan fingerprint density at radius 3 is 2.74 bits per heavy atom. The molecule has 1 aliphatic rings. The molecule has 1 heterocycles. The predicted octanol–water partition coefficient (Wildman–Crippen LogP) is 3.01. The fourth-order valence-electron chi connectivity index (χ4n) is 2.22. The zero-order valence-corrected chi connectivity index (χ0v) is 12.6. The lowest BCUT2D eigenvalue weighted by molar-refractivity contribution is 0.0771. The number of carbonyl (C=O) groups excluding carboxylic acids is 1. The first-order valence-electron chi connectivity index (χ1n) is 6.94. The lowest BCUT2D eigenvalue weighted by atomic mass is 10.1. The Balaban J connectivity index is 2.09. The molecule has 4 heteroatoms. The van der Waals surface area contributed by atoms with Crippen LogP contribution in [0, 0.1) is 6.92 Å². The number of anilines is 1. The van der Waals surface area contributed by atoms with Crippen molar-refractivity contribution in [2.24, 2.45) is 0 Å². The molecule has 1 amide bonds. The van der Waals surface area contributed by atoms with Gasteiger partial charge in [-0.15, -0.1) is 0 Å². The summed E-state index contributed by atoms with van der Waals surface area (Å²) < 4.78 is 0. The zero-order valence-electron chi connectivity index (χ0n) is 11.7. The van der Waals surface area contributed by atoms with Gasteiger partial charge in [-0.3, -0.25) is 4.79 Å². The summed E-state index contributed by atoms with van der Waals surface area (Å²) in [5.74, 6) is 2.29. The second-order valence-corrected chi connectivity index (χ2v) is 6.09. The SMILES string of the molecule is CCCNc1ccc(C(=O)N2CCSCC2)c(C)c1. The van der Waals surface area contributed by atoms with E-state index >= 15 is 0 Å². The zero-order chi connectivity index (χ0) is 13.7. The predicted molar refractivity (Wildman–Crippen MR) is 83.2 cm³/mol. The Kier molecular flexibility index (Phi) is 5.14. The Bertz CT molecular complexity index is 442. The highest BCUT2D eigenvalue weighted by atomic mass is 32.2. The molecular weight excluding hydrogens is 256 g/mol. The molecule has 1 aliphatic heterocycles. The van der Waals surface area contributed by atoms with E-state index < -0.39 is 0 Å². The number of amides is 1. The van der Waals surface area contributed by atoms with Crippen molar-refractivity contribution in [2.45, 2.75) is 20.3 Å². The second-order valence-electron chi connectivity index (χ2n) is 4.86. The van der Waals surface area contributed by atoms with Gasteiger partial charge in [-0.05, 0) is 37.1 Å². The van der Waals surface area contributed by atoms with Crippen LogP contribution in [0.5, 0.6) is 0 Å². The van der Waals surface area contributed by atoms with Crippen LogP contribution in [-0.2, 0) is 0 Å². The Labute approximate surface area is 119 Å². The van der Waals surface area contributed by atoms with Gasteiger partial charge in [0.25, 0.3) is 5.91 Å². The highest BCUT2D eigenvalue weighted by Crippen LogP contribution is 2.19. The molecule has 1 N–H and O–H groups in total. The maximum absolute atomic E-state index is 12.4. The van der Waals surface area contributed by atoms with E-state index in [9.17, 15) is 4.79 Å². The first-order chi connectivity index (χ1) is 9.22. The van der Waals surface area contributed by atoms with Crippen LogP contribution in [0.2, 0.25) is 0 Å². The van der Waals surface area contributed by atoms with Crippen molar-refractivity contribution < 1.29 is 4.79 Å². The summed E-state index contributed by atoms with van der Waals surface area (Å²) in [6, 6.07) is 6.04. The maximum atomic E-state index is 12.4. The summed E-state index contributed by atoms with van der Waals surface area (Å²) in [7, 11) is 0. The van der Waals surface area contributed by atoms with Crippen LogP contribution < -0.4 is 5.32 Å². The van der Waals surface area contributed by atoms with Gasteiger partial charge in [-0.1, -0.05) is 6.92 Å². The van der Waals surface area contributed by atoms with Crippen molar-refractivity contribution >= 4 is 23.4 Å². The van der Waals surface area contributed by atoms with Gasteiger partial charge in [0.2, 0.25) is 0 Å². The highest BCUT2D eigenvalue weighted by Gasteiger charge is 2.19. The van der Waals surface area contributed by atoms with Gasteiger partial charge in [0.15, 0.2) is 0 Å². The van der Waals surface area contributed by atoms with E-state index in [4.69, 9.17) is 0 Å². The van der Waals surface area contributed by atoms with E-state index in [-0.39, 0.29) is 5.91 Å². The van der Waals surface area contributed by atoms with Gasteiger partial charge in [0, 0.05) is 42.4 Å². The standard InChI is InChI=1S/C15H22N2OS/c1-3-6-16-13-4-5-14(12(2)11-13)15(18)17-7-9-19-10-8-17/h4-5,11,16H,3,6-10H2,1-2H3. The van der Waals surface area contributed by atoms with Crippen LogP contribution >= 0.6 is 11.8 Å². The summed E-state index contributed by atoms with van der Waals surface area (Å²) >= 11 is 1.92. The van der Waals surface area contributed by atoms with Crippen LogP contribution in [0.4, 0.5) is 5.69 Å². The molecule has 0 saturated carbocycles. The lowest BCUT2D eigenvalue weighted by Gasteiger charge is -2.27. The summed E-state index contributed by atoms with van der Waals surface area (Å²) in [6.45, 7) is 6.88. The number of carbonyl (C=O) groups is 1. The van der Waals surface area contributed by atoms with Gasteiger partial charge in [0.05, 0.1) is 0 Å². The molecule has 0 bridgehead atoms. The van der Waals surface area contributed by atoms with Gasteiger partial charge in [0.1, 0.15) is 0 Å². The molecule has 2 rings (SSSR count). The van der Waals surface area contributed by atoms with E-state index in [2.05, 4.69) is 18.3 Å². The number of thioether (sulfide) groups is 1. The van der Waals surface area contributed by atoms with E-state index in [1.54, 1.807) is 0 Å². The van der Waals surface area contributed by atoms with Crippen LogP contribution in [0.1, 0.15) is 29.3 Å². The topological polar surface area (TPSA) is 32.3 Å². The fourth-order valence-corrected chi connectivity index (χ4v) is 3.12. The van der Waals surface area contributed by atoms with Gasteiger partial charge in [-0.25, -0.2) is 0 Å². The molecular formula is C15H22N2OS. The molecule has 19 heavy (non-hydrogen) atoms. The summed E-state index contributed by atoms with van der Waals surface area (Å²) in [5, 5.41) is 3.35. The van der Waals surface area contributed by atoms with Crippen molar-refractivity contribution in [3.05, 3.63) is 29.3 Å². The first kappa shape index (κ1) is 14.3. The molecule has 104 valence electrons. The monoisotopic (exact) mass is 278 g/mol. The molecule has 0 radical (unpaired) electrons. The van der Waals surface area contributed by atoms with Crippen LogP contribution in [0.15, 0.2) is 18.2 Å². The number of nitrogens with one attached hydrogen (secondary N) is 1. The van der Waals surface area contributed by atoms with Gasteiger partial charge in [-0.2, -0.15) is 11.8 Å². The van der Waals surface area contributed by atoms with Gasteiger partial charge < -0.3 is 10.2 Å². The normalized spacial score (nSPS) is 15.4. The van der Waals surface area contributed by atoms with Crippen LogP contribution in [0.25, 0.3) is 0 Å². The van der Waals surface area contributed by atoms with E-state index in [1.807, 2.05) is 35.7 Å². The van der Waals surface area contributed by atoms with Crippen molar-refractivity contribution in [1.29, 1.82) is 0 Å². The largest absolute Gasteiger partial charge is 0.385 e. The molecule has 0 unspecified atom stereocenters. The molecule has 1 aromatic rings. The number of rotatable bonds is 4. The van der Waals surface area contributed by atoms with Crippen molar-refractivity contribution in [2.75, 3.05) is 36.5 Å². The number of aryl methyl sites for hydroxylation is 1.